The van der Waals surface area contributed by atoms with Crippen molar-refractivity contribution in [2.45, 2.75) is 32.6 Å². The number of rotatable bonds is 5. The van der Waals surface area contributed by atoms with E-state index in [1.54, 1.807) is 18.3 Å². The van der Waals surface area contributed by atoms with Crippen molar-refractivity contribution in [1.29, 1.82) is 0 Å². The maximum absolute atomic E-state index is 11.7. The smallest absolute Gasteiger partial charge is 0.226 e. The Bertz CT molecular complexity index is 401. The molecule has 0 radical (unpaired) electrons. The van der Waals surface area contributed by atoms with Gasteiger partial charge in [-0.15, -0.1) is 12.4 Å². The molecule has 1 saturated carbocycles. The first-order chi connectivity index (χ1) is 8.13. The van der Waals surface area contributed by atoms with E-state index >= 15 is 0 Å². The molecule has 1 aliphatic rings. The minimum atomic E-state index is 0. The Kier molecular flexibility index (Phi) is 4.96. The molecule has 1 heterocycles. The highest BCUT2D eigenvalue weighted by Crippen LogP contribution is 2.47. The highest BCUT2D eigenvalue weighted by Gasteiger charge is 2.40. The zero-order valence-corrected chi connectivity index (χ0v) is 11.4. The van der Waals surface area contributed by atoms with Crippen LogP contribution in [-0.4, -0.2) is 17.4 Å². The molecular formula is C13H20ClN3O. The van der Waals surface area contributed by atoms with Gasteiger partial charge in [-0.05, 0) is 36.8 Å². The number of amides is 1. The van der Waals surface area contributed by atoms with E-state index in [9.17, 15) is 4.79 Å². The summed E-state index contributed by atoms with van der Waals surface area (Å²) < 4.78 is 0. The van der Waals surface area contributed by atoms with E-state index in [1.807, 2.05) is 0 Å². The molecule has 0 bridgehead atoms. The molecule has 100 valence electrons. The number of pyridine rings is 1. The molecule has 1 aromatic rings. The number of carbonyl (C=O) groups excluding carboxylic acids is 1. The predicted molar refractivity (Wildman–Crippen MR) is 74.6 cm³/mol. The first-order valence-electron chi connectivity index (χ1n) is 6.11. The van der Waals surface area contributed by atoms with Gasteiger partial charge in [-0.1, -0.05) is 6.92 Å². The van der Waals surface area contributed by atoms with Gasteiger partial charge < -0.3 is 11.1 Å². The molecule has 3 N–H and O–H groups in total. The summed E-state index contributed by atoms with van der Waals surface area (Å²) in [7, 11) is 0. The van der Waals surface area contributed by atoms with Crippen LogP contribution in [0.25, 0.3) is 0 Å². The summed E-state index contributed by atoms with van der Waals surface area (Å²) in [4.78, 5) is 15.8. The molecule has 1 amide bonds. The van der Waals surface area contributed by atoms with Crippen LogP contribution in [0.5, 0.6) is 0 Å². The van der Waals surface area contributed by atoms with Crippen LogP contribution in [0.3, 0.4) is 0 Å². The van der Waals surface area contributed by atoms with E-state index in [1.165, 1.54) is 12.8 Å². The number of nitrogens with one attached hydrogen (secondary N) is 1. The molecule has 0 aromatic carbocycles. The van der Waals surface area contributed by atoms with Gasteiger partial charge in [0.25, 0.3) is 0 Å². The number of hydrogen-bond donors (Lipinski definition) is 2. The maximum Gasteiger partial charge on any atom is 0.226 e. The Hall–Kier alpha value is -1.29. The molecule has 2 rings (SSSR count). The minimum absolute atomic E-state index is 0. The fourth-order valence-electron chi connectivity index (χ4n) is 1.89. The monoisotopic (exact) mass is 269 g/mol. The van der Waals surface area contributed by atoms with Crippen LogP contribution >= 0.6 is 12.4 Å². The molecule has 1 aliphatic carbocycles. The van der Waals surface area contributed by atoms with Gasteiger partial charge in [-0.25, -0.2) is 0 Å². The van der Waals surface area contributed by atoms with Crippen molar-refractivity contribution in [2.24, 2.45) is 5.41 Å². The van der Waals surface area contributed by atoms with Gasteiger partial charge in [-0.2, -0.15) is 0 Å². The predicted octanol–water partition coefficient (Wildman–Crippen LogP) is 1.93. The van der Waals surface area contributed by atoms with Crippen LogP contribution in [0, 0.1) is 5.41 Å². The Morgan fingerprint density at radius 3 is 2.72 bits per heavy atom. The molecular weight excluding hydrogens is 250 g/mol. The third-order valence-electron chi connectivity index (χ3n) is 3.56. The van der Waals surface area contributed by atoms with E-state index in [0.717, 1.165) is 18.7 Å². The summed E-state index contributed by atoms with van der Waals surface area (Å²) >= 11 is 0. The van der Waals surface area contributed by atoms with Crippen LogP contribution in [0.15, 0.2) is 18.3 Å². The van der Waals surface area contributed by atoms with Crippen molar-refractivity contribution in [1.82, 2.24) is 10.3 Å². The van der Waals surface area contributed by atoms with E-state index < -0.39 is 0 Å². The SMILES string of the molecule is CCC1(CNC(=O)Cc2ccc(N)cn2)CC1.Cl. The van der Waals surface area contributed by atoms with Gasteiger partial charge in [0.1, 0.15) is 0 Å². The number of halogens is 1. The van der Waals surface area contributed by atoms with Gasteiger partial charge in [0.05, 0.1) is 18.3 Å². The van der Waals surface area contributed by atoms with Gasteiger partial charge in [0.15, 0.2) is 0 Å². The molecule has 1 fully saturated rings. The van der Waals surface area contributed by atoms with E-state index in [4.69, 9.17) is 5.73 Å². The van der Waals surface area contributed by atoms with Crippen LogP contribution in [0.1, 0.15) is 31.9 Å². The van der Waals surface area contributed by atoms with Crippen molar-refractivity contribution < 1.29 is 4.79 Å². The number of hydrogen-bond acceptors (Lipinski definition) is 3. The average molecular weight is 270 g/mol. The summed E-state index contributed by atoms with van der Waals surface area (Å²) in [6, 6.07) is 3.56. The molecule has 1 aromatic heterocycles. The number of nitrogen functional groups attached to an aromatic ring is 1. The normalized spacial score (nSPS) is 15.6. The summed E-state index contributed by atoms with van der Waals surface area (Å²) in [6.45, 7) is 2.98. The van der Waals surface area contributed by atoms with Gasteiger partial charge in [0, 0.05) is 12.2 Å². The number of carbonyl (C=O) groups is 1. The van der Waals surface area contributed by atoms with Crippen molar-refractivity contribution in [3.05, 3.63) is 24.0 Å². The lowest BCUT2D eigenvalue weighted by Gasteiger charge is -2.13. The first kappa shape index (κ1) is 14.8. The molecule has 5 heteroatoms. The van der Waals surface area contributed by atoms with Crippen molar-refractivity contribution >= 4 is 24.0 Å². The van der Waals surface area contributed by atoms with Crippen LogP contribution in [0.4, 0.5) is 5.69 Å². The van der Waals surface area contributed by atoms with Crippen LogP contribution < -0.4 is 11.1 Å². The number of nitrogens with two attached hydrogens (primary N) is 1. The minimum Gasteiger partial charge on any atom is -0.397 e. The van der Waals surface area contributed by atoms with E-state index in [-0.39, 0.29) is 18.3 Å². The second kappa shape index (κ2) is 6.05. The second-order valence-electron chi connectivity index (χ2n) is 4.89. The Balaban J connectivity index is 0.00000162. The second-order valence-corrected chi connectivity index (χ2v) is 4.89. The summed E-state index contributed by atoms with van der Waals surface area (Å²) in [5, 5.41) is 2.99. The third kappa shape index (κ3) is 3.88. The Morgan fingerprint density at radius 2 is 2.22 bits per heavy atom. The standard InChI is InChI=1S/C13H19N3O.ClH/c1-2-13(5-6-13)9-16-12(17)7-11-4-3-10(14)8-15-11;/h3-4,8H,2,5-7,9,14H2,1H3,(H,16,17);1H. The molecule has 4 nitrogen and oxygen atoms in total. The van der Waals surface area contributed by atoms with Gasteiger partial charge in [0.2, 0.25) is 5.91 Å². The Morgan fingerprint density at radius 1 is 1.50 bits per heavy atom. The van der Waals surface area contributed by atoms with Crippen LogP contribution in [-0.2, 0) is 11.2 Å². The maximum atomic E-state index is 11.7. The van der Waals surface area contributed by atoms with Gasteiger partial charge >= 0.3 is 0 Å². The van der Waals surface area contributed by atoms with Crippen molar-refractivity contribution in [2.75, 3.05) is 12.3 Å². The van der Waals surface area contributed by atoms with Gasteiger partial charge in [-0.3, -0.25) is 9.78 Å². The average Bonchev–Trinajstić information content (AvgIpc) is 3.10. The zero-order valence-electron chi connectivity index (χ0n) is 10.6. The zero-order chi connectivity index (χ0) is 12.3. The van der Waals surface area contributed by atoms with Crippen LogP contribution in [0.2, 0.25) is 0 Å². The van der Waals surface area contributed by atoms with Crippen molar-refractivity contribution in [3.63, 3.8) is 0 Å². The highest BCUT2D eigenvalue weighted by atomic mass is 35.5. The van der Waals surface area contributed by atoms with E-state index in [2.05, 4.69) is 17.2 Å². The molecule has 0 unspecified atom stereocenters. The number of nitrogens with zero attached hydrogens (tertiary/aromatic N) is 1. The summed E-state index contributed by atoms with van der Waals surface area (Å²) in [6.07, 6.45) is 5.54. The largest absolute Gasteiger partial charge is 0.397 e. The summed E-state index contributed by atoms with van der Waals surface area (Å²) in [5.41, 5.74) is 7.31. The molecule has 0 atom stereocenters. The molecule has 0 saturated heterocycles. The lowest BCUT2D eigenvalue weighted by molar-refractivity contribution is -0.120. The fraction of sp³-hybridized carbons (Fsp3) is 0.538. The van der Waals surface area contributed by atoms with E-state index in [0.29, 0.717) is 17.5 Å². The third-order valence-corrected chi connectivity index (χ3v) is 3.56. The molecule has 18 heavy (non-hydrogen) atoms. The molecule has 0 spiro atoms. The highest BCUT2D eigenvalue weighted by molar-refractivity contribution is 5.85. The molecule has 0 aliphatic heterocycles. The quantitative estimate of drug-likeness (QED) is 0.858. The first-order valence-corrected chi connectivity index (χ1v) is 6.11. The summed E-state index contributed by atoms with van der Waals surface area (Å²) in [5.74, 6) is 0.0435. The Labute approximate surface area is 114 Å². The number of aromatic nitrogens is 1. The topological polar surface area (TPSA) is 68.0 Å². The lowest BCUT2D eigenvalue weighted by atomic mass is 10.0. The lowest BCUT2D eigenvalue weighted by Crippen LogP contribution is -2.31. The fourth-order valence-corrected chi connectivity index (χ4v) is 1.89. The number of anilines is 1. The van der Waals surface area contributed by atoms with Crippen molar-refractivity contribution in [3.8, 4) is 0 Å².